The molecule has 1 aromatic carbocycles. The normalized spacial score (nSPS) is 16.0. The van der Waals surface area contributed by atoms with Crippen LogP contribution < -0.4 is 0 Å². The predicted octanol–water partition coefficient (Wildman–Crippen LogP) is 2.95. The first-order chi connectivity index (χ1) is 12.8. The van der Waals surface area contributed by atoms with Crippen LogP contribution >= 0.6 is 0 Å². The zero-order valence-corrected chi connectivity index (χ0v) is 16.6. The van der Waals surface area contributed by atoms with E-state index >= 15 is 0 Å². The van der Waals surface area contributed by atoms with Crippen molar-refractivity contribution in [3.05, 3.63) is 42.3 Å². The Bertz CT molecular complexity index is 850. The van der Waals surface area contributed by atoms with Crippen molar-refractivity contribution in [3.63, 3.8) is 0 Å². The van der Waals surface area contributed by atoms with Gasteiger partial charge in [0.05, 0.1) is 23.6 Å². The maximum absolute atomic E-state index is 12.6. The Morgan fingerprint density at radius 3 is 2.44 bits per heavy atom. The SMILES string of the molecule is CC(C)S(=O)(=O)CC1CCN(C(=O)Cc2ccc(-c3ncco3)cc2)CC1. The number of piperidine rings is 1. The molecule has 1 aliphatic heterocycles. The van der Waals surface area contributed by atoms with Crippen LogP contribution in [-0.2, 0) is 21.1 Å². The average Bonchev–Trinajstić information content (AvgIpc) is 3.17. The van der Waals surface area contributed by atoms with Gasteiger partial charge in [-0.1, -0.05) is 12.1 Å². The number of sulfone groups is 1. The molecule has 0 N–H and O–H groups in total. The third-order valence-electron chi connectivity index (χ3n) is 5.14. The number of likely N-dealkylation sites (tertiary alicyclic amines) is 1. The van der Waals surface area contributed by atoms with Gasteiger partial charge in [-0.15, -0.1) is 0 Å². The highest BCUT2D eigenvalue weighted by molar-refractivity contribution is 7.91. The summed E-state index contributed by atoms with van der Waals surface area (Å²) in [5.41, 5.74) is 1.82. The van der Waals surface area contributed by atoms with E-state index in [-0.39, 0.29) is 22.8 Å². The van der Waals surface area contributed by atoms with Gasteiger partial charge in [0.25, 0.3) is 0 Å². The molecule has 7 heteroatoms. The van der Waals surface area contributed by atoms with Crippen LogP contribution in [0.25, 0.3) is 11.5 Å². The van der Waals surface area contributed by atoms with Crippen molar-refractivity contribution in [2.24, 2.45) is 5.92 Å². The zero-order chi connectivity index (χ0) is 19.4. The highest BCUT2D eigenvalue weighted by atomic mass is 32.2. The Morgan fingerprint density at radius 2 is 1.89 bits per heavy atom. The fourth-order valence-electron chi connectivity index (χ4n) is 3.29. The molecule has 2 aromatic rings. The monoisotopic (exact) mass is 390 g/mol. The first-order valence-electron chi connectivity index (χ1n) is 9.33. The van der Waals surface area contributed by atoms with E-state index in [1.54, 1.807) is 20.0 Å². The van der Waals surface area contributed by atoms with Crippen molar-refractivity contribution in [2.75, 3.05) is 18.8 Å². The van der Waals surface area contributed by atoms with E-state index in [0.29, 0.717) is 25.4 Å². The summed E-state index contributed by atoms with van der Waals surface area (Å²) in [6, 6.07) is 7.63. The minimum Gasteiger partial charge on any atom is -0.445 e. The summed E-state index contributed by atoms with van der Waals surface area (Å²) in [5.74, 6) is 1.03. The van der Waals surface area contributed by atoms with Crippen LogP contribution in [0.3, 0.4) is 0 Å². The summed E-state index contributed by atoms with van der Waals surface area (Å²) in [5, 5.41) is -0.337. The number of amides is 1. The molecule has 1 fully saturated rings. The number of hydrogen-bond acceptors (Lipinski definition) is 5. The van der Waals surface area contributed by atoms with Gasteiger partial charge in [0.15, 0.2) is 9.84 Å². The smallest absolute Gasteiger partial charge is 0.226 e. The maximum Gasteiger partial charge on any atom is 0.226 e. The quantitative estimate of drug-likeness (QED) is 0.757. The van der Waals surface area contributed by atoms with Crippen molar-refractivity contribution >= 4 is 15.7 Å². The molecule has 1 amide bonds. The molecule has 0 unspecified atom stereocenters. The molecule has 3 rings (SSSR count). The lowest BCUT2D eigenvalue weighted by molar-refractivity contribution is -0.131. The second-order valence-electron chi connectivity index (χ2n) is 7.41. The Kier molecular flexibility index (Phi) is 5.99. The van der Waals surface area contributed by atoms with E-state index in [9.17, 15) is 13.2 Å². The summed E-state index contributed by atoms with van der Waals surface area (Å²) < 4.78 is 29.4. The van der Waals surface area contributed by atoms with Crippen LogP contribution in [0, 0.1) is 5.92 Å². The largest absolute Gasteiger partial charge is 0.445 e. The highest BCUT2D eigenvalue weighted by Gasteiger charge is 2.27. The van der Waals surface area contributed by atoms with Gasteiger partial charge < -0.3 is 9.32 Å². The first-order valence-corrected chi connectivity index (χ1v) is 11.0. The lowest BCUT2D eigenvalue weighted by atomic mass is 9.98. The summed E-state index contributed by atoms with van der Waals surface area (Å²) in [6.07, 6.45) is 4.98. The molecular weight excluding hydrogens is 364 g/mol. The van der Waals surface area contributed by atoms with Crippen LogP contribution in [0.4, 0.5) is 0 Å². The van der Waals surface area contributed by atoms with Crippen LogP contribution in [-0.4, -0.2) is 48.3 Å². The Morgan fingerprint density at radius 1 is 1.22 bits per heavy atom. The molecule has 1 aliphatic rings. The molecule has 27 heavy (non-hydrogen) atoms. The molecule has 1 aromatic heterocycles. The molecule has 6 nitrogen and oxygen atoms in total. The highest BCUT2D eigenvalue weighted by Crippen LogP contribution is 2.22. The van der Waals surface area contributed by atoms with E-state index in [1.165, 1.54) is 6.26 Å². The van der Waals surface area contributed by atoms with Gasteiger partial charge >= 0.3 is 0 Å². The van der Waals surface area contributed by atoms with Crippen molar-refractivity contribution in [1.82, 2.24) is 9.88 Å². The predicted molar refractivity (Wildman–Crippen MR) is 104 cm³/mol. The van der Waals surface area contributed by atoms with Gasteiger partial charge in [-0.05, 0) is 50.3 Å². The van der Waals surface area contributed by atoms with Gasteiger partial charge in [-0.2, -0.15) is 0 Å². The van der Waals surface area contributed by atoms with Gasteiger partial charge in [-0.3, -0.25) is 4.79 Å². The second-order valence-corrected chi connectivity index (χ2v) is 10.0. The number of nitrogens with zero attached hydrogens (tertiary/aromatic N) is 2. The van der Waals surface area contributed by atoms with Crippen LogP contribution in [0.15, 0.2) is 41.1 Å². The zero-order valence-electron chi connectivity index (χ0n) is 15.8. The van der Waals surface area contributed by atoms with E-state index in [0.717, 1.165) is 24.0 Å². The molecule has 0 saturated carbocycles. The summed E-state index contributed by atoms with van der Waals surface area (Å²) in [6.45, 7) is 4.71. The average molecular weight is 391 g/mol. The van der Waals surface area contributed by atoms with Crippen molar-refractivity contribution < 1.29 is 17.6 Å². The van der Waals surface area contributed by atoms with Crippen molar-refractivity contribution in [1.29, 1.82) is 0 Å². The third-order valence-corrected chi connectivity index (χ3v) is 7.51. The molecule has 0 aliphatic carbocycles. The molecule has 0 radical (unpaired) electrons. The maximum atomic E-state index is 12.6. The summed E-state index contributed by atoms with van der Waals surface area (Å²) in [7, 11) is -3.02. The topological polar surface area (TPSA) is 80.5 Å². The molecule has 146 valence electrons. The molecule has 1 saturated heterocycles. The Balaban J connectivity index is 1.51. The molecule has 0 spiro atoms. The molecule has 0 atom stereocenters. The lowest BCUT2D eigenvalue weighted by Crippen LogP contribution is -2.41. The van der Waals surface area contributed by atoms with E-state index in [1.807, 2.05) is 29.2 Å². The lowest BCUT2D eigenvalue weighted by Gasteiger charge is -2.32. The number of carbonyl (C=O) groups excluding carboxylic acids is 1. The van der Waals surface area contributed by atoms with Crippen LogP contribution in [0.1, 0.15) is 32.3 Å². The minimum absolute atomic E-state index is 0.0871. The number of aromatic nitrogens is 1. The van der Waals surface area contributed by atoms with E-state index in [4.69, 9.17) is 4.42 Å². The van der Waals surface area contributed by atoms with Crippen molar-refractivity contribution in [3.8, 4) is 11.5 Å². The number of rotatable bonds is 6. The third kappa shape index (κ3) is 4.97. The minimum atomic E-state index is -3.02. The number of oxazole rings is 1. The van der Waals surface area contributed by atoms with Gasteiger partial charge in [-0.25, -0.2) is 13.4 Å². The molecule has 2 heterocycles. The van der Waals surface area contributed by atoms with Gasteiger partial charge in [0.1, 0.15) is 6.26 Å². The molecule has 0 bridgehead atoms. The number of benzene rings is 1. The van der Waals surface area contributed by atoms with E-state index in [2.05, 4.69) is 4.98 Å². The van der Waals surface area contributed by atoms with Gasteiger partial charge in [0.2, 0.25) is 11.8 Å². The van der Waals surface area contributed by atoms with E-state index < -0.39 is 9.84 Å². The summed E-state index contributed by atoms with van der Waals surface area (Å²) in [4.78, 5) is 18.5. The molecular formula is C20H26N2O4S. The van der Waals surface area contributed by atoms with Crippen LogP contribution in [0.2, 0.25) is 0 Å². The Hall–Kier alpha value is -2.15. The Labute approximate surface area is 160 Å². The fraction of sp³-hybridized carbons (Fsp3) is 0.500. The summed E-state index contributed by atoms with van der Waals surface area (Å²) >= 11 is 0. The number of hydrogen-bond donors (Lipinski definition) is 0. The standard InChI is InChI=1S/C20H26N2O4S/c1-15(2)27(24,25)14-17-7-10-22(11-8-17)19(23)13-16-3-5-18(6-4-16)20-21-9-12-26-20/h3-6,9,12,15,17H,7-8,10-11,13-14H2,1-2H3. The fourth-order valence-corrected chi connectivity index (χ4v) is 4.66. The van der Waals surface area contributed by atoms with Gasteiger partial charge in [0, 0.05) is 18.7 Å². The second kappa shape index (κ2) is 8.25. The van der Waals surface area contributed by atoms with Crippen LogP contribution in [0.5, 0.6) is 0 Å². The number of carbonyl (C=O) groups is 1. The first kappa shape index (κ1) is 19.6. The van der Waals surface area contributed by atoms with Crippen molar-refractivity contribution in [2.45, 2.75) is 38.4 Å².